The van der Waals surface area contributed by atoms with Gasteiger partial charge < -0.3 is 10.4 Å². The first kappa shape index (κ1) is 16.1. The molecular weight excluding hydrogens is 319 g/mol. The lowest BCUT2D eigenvalue weighted by atomic mass is 10.2. The number of aliphatic carboxylic acids is 1. The molecule has 5 nitrogen and oxygen atoms in total. The lowest BCUT2D eigenvalue weighted by molar-refractivity contribution is -0.142. The largest absolute Gasteiger partial charge is 0.480 e. The molecule has 1 amide bonds. The van der Waals surface area contributed by atoms with Gasteiger partial charge in [0.05, 0.1) is 11.6 Å². The van der Waals surface area contributed by atoms with E-state index in [1.54, 1.807) is 16.7 Å². The van der Waals surface area contributed by atoms with Crippen LogP contribution < -0.4 is 5.32 Å². The van der Waals surface area contributed by atoms with Crippen LogP contribution in [0.2, 0.25) is 5.02 Å². The van der Waals surface area contributed by atoms with E-state index in [0.717, 1.165) is 11.8 Å². The van der Waals surface area contributed by atoms with Crippen LogP contribution in [-0.2, 0) is 9.59 Å². The van der Waals surface area contributed by atoms with Crippen LogP contribution in [0, 0.1) is 5.82 Å². The second-order valence-corrected chi connectivity index (χ2v) is 6.13. The number of carbonyl (C=O) groups is 2. The van der Waals surface area contributed by atoms with Gasteiger partial charge in [0.1, 0.15) is 11.9 Å². The fourth-order valence-corrected chi connectivity index (χ4v) is 3.30. The Labute approximate surface area is 130 Å². The smallest absolute Gasteiger partial charge is 0.321 e. The Bertz CT molecular complexity index is 558. The number of hydrogen-bond acceptors (Lipinski definition) is 4. The Balaban J connectivity index is 1.97. The van der Waals surface area contributed by atoms with Crippen LogP contribution in [0.15, 0.2) is 18.2 Å². The van der Waals surface area contributed by atoms with Crippen molar-refractivity contribution in [3.8, 4) is 0 Å². The van der Waals surface area contributed by atoms with Crippen molar-refractivity contribution in [3.63, 3.8) is 0 Å². The maximum absolute atomic E-state index is 13.0. The van der Waals surface area contributed by atoms with Crippen molar-refractivity contribution in [2.45, 2.75) is 6.04 Å². The third kappa shape index (κ3) is 4.33. The van der Waals surface area contributed by atoms with Crippen LogP contribution in [0.5, 0.6) is 0 Å². The number of carbonyl (C=O) groups excluding carboxylic acids is 1. The predicted octanol–water partition coefficient (Wildman–Crippen LogP) is 1.92. The summed E-state index contributed by atoms with van der Waals surface area (Å²) in [5.74, 6) is -0.589. The number of anilines is 1. The van der Waals surface area contributed by atoms with E-state index >= 15 is 0 Å². The first-order valence-electron chi connectivity index (χ1n) is 6.27. The van der Waals surface area contributed by atoms with Gasteiger partial charge in [-0.25, -0.2) is 4.39 Å². The maximum atomic E-state index is 13.0. The van der Waals surface area contributed by atoms with Crippen LogP contribution >= 0.6 is 23.4 Å². The first-order chi connectivity index (χ1) is 9.97. The van der Waals surface area contributed by atoms with Crippen LogP contribution in [0.25, 0.3) is 0 Å². The molecule has 0 saturated carbocycles. The summed E-state index contributed by atoms with van der Waals surface area (Å²) < 4.78 is 13.0. The van der Waals surface area contributed by atoms with E-state index in [-0.39, 0.29) is 17.5 Å². The minimum absolute atomic E-state index is 0.0213. The van der Waals surface area contributed by atoms with Gasteiger partial charge in [0.25, 0.3) is 0 Å². The molecule has 1 aliphatic heterocycles. The molecule has 114 valence electrons. The normalized spacial score (nSPS) is 19.2. The Morgan fingerprint density at radius 2 is 2.29 bits per heavy atom. The highest BCUT2D eigenvalue weighted by atomic mass is 35.5. The SMILES string of the molecule is O=C(CN1CCSCC1C(=O)O)Nc1ccc(F)c(Cl)c1. The van der Waals surface area contributed by atoms with E-state index in [2.05, 4.69) is 5.32 Å². The van der Waals surface area contributed by atoms with Crippen molar-refractivity contribution < 1.29 is 19.1 Å². The number of rotatable bonds is 4. The molecule has 21 heavy (non-hydrogen) atoms. The van der Waals surface area contributed by atoms with Crippen LogP contribution in [0.1, 0.15) is 0 Å². The number of carboxylic acids is 1. The summed E-state index contributed by atoms with van der Waals surface area (Å²) in [6.45, 7) is 0.520. The standard InChI is InChI=1S/C13H14ClFN2O3S/c14-9-5-8(1-2-10(9)15)16-12(18)6-17-3-4-21-7-11(17)13(19)20/h1-2,5,11H,3-4,6-7H2,(H,16,18)(H,19,20). The molecule has 1 fully saturated rings. The van der Waals surface area contributed by atoms with Crippen molar-refractivity contribution in [3.05, 3.63) is 29.0 Å². The Kier molecular flexibility index (Phi) is 5.44. The number of nitrogens with zero attached hydrogens (tertiary/aromatic N) is 1. The molecule has 1 saturated heterocycles. The van der Waals surface area contributed by atoms with Gasteiger partial charge in [-0.05, 0) is 18.2 Å². The molecule has 0 spiro atoms. The summed E-state index contributed by atoms with van der Waals surface area (Å²) in [5, 5.41) is 11.6. The van der Waals surface area contributed by atoms with E-state index in [9.17, 15) is 14.0 Å². The number of nitrogens with one attached hydrogen (secondary N) is 1. The lowest BCUT2D eigenvalue weighted by Gasteiger charge is -2.31. The molecule has 1 aromatic carbocycles. The van der Waals surface area contributed by atoms with Crippen molar-refractivity contribution in [2.75, 3.05) is 29.9 Å². The molecule has 1 atom stereocenters. The minimum atomic E-state index is -0.931. The second-order valence-electron chi connectivity index (χ2n) is 4.58. The van der Waals surface area contributed by atoms with E-state index in [1.165, 1.54) is 12.1 Å². The molecule has 0 aromatic heterocycles. The topological polar surface area (TPSA) is 69.6 Å². The summed E-state index contributed by atoms with van der Waals surface area (Å²) in [7, 11) is 0. The van der Waals surface area contributed by atoms with Gasteiger partial charge in [-0.15, -0.1) is 0 Å². The second kappa shape index (κ2) is 7.11. The molecule has 2 N–H and O–H groups in total. The molecule has 0 aliphatic carbocycles. The van der Waals surface area contributed by atoms with Gasteiger partial charge in [-0.1, -0.05) is 11.6 Å². The highest BCUT2D eigenvalue weighted by Crippen LogP contribution is 2.20. The number of hydrogen-bond donors (Lipinski definition) is 2. The monoisotopic (exact) mass is 332 g/mol. The van der Waals surface area contributed by atoms with Gasteiger partial charge >= 0.3 is 5.97 Å². The summed E-state index contributed by atoms with van der Waals surface area (Å²) in [5.41, 5.74) is 0.379. The first-order valence-corrected chi connectivity index (χ1v) is 7.80. The average molecular weight is 333 g/mol. The number of benzene rings is 1. The Hall–Kier alpha value is -1.31. The third-order valence-corrected chi connectivity index (χ3v) is 4.39. The van der Waals surface area contributed by atoms with E-state index in [1.807, 2.05) is 0 Å². The third-order valence-electron chi connectivity index (χ3n) is 3.07. The molecule has 2 rings (SSSR count). The Morgan fingerprint density at radius 3 is 2.95 bits per heavy atom. The van der Waals surface area contributed by atoms with Crippen molar-refractivity contribution in [1.29, 1.82) is 0 Å². The number of amides is 1. The summed E-state index contributed by atoms with van der Waals surface area (Å²) in [6, 6.07) is 3.22. The highest BCUT2D eigenvalue weighted by Gasteiger charge is 2.30. The molecule has 0 bridgehead atoms. The number of carboxylic acid groups (broad SMARTS) is 1. The zero-order valence-electron chi connectivity index (χ0n) is 11.0. The van der Waals surface area contributed by atoms with Crippen LogP contribution in [0.4, 0.5) is 10.1 Å². The van der Waals surface area contributed by atoms with Crippen LogP contribution in [0.3, 0.4) is 0 Å². The fraction of sp³-hybridized carbons (Fsp3) is 0.385. The average Bonchev–Trinajstić information content (AvgIpc) is 2.43. The van der Waals surface area contributed by atoms with Crippen LogP contribution in [-0.4, -0.2) is 52.5 Å². The zero-order chi connectivity index (χ0) is 15.4. The van der Waals surface area contributed by atoms with E-state index < -0.39 is 17.8 Å². The highest BCUT2D eigenvalue weighted by molar-refractivity contribution is 7.99. The zero-order valence-corrected chi connectivity index (χ0v) is 12.6. The molecule has 1 aliphatic rings. The lowest BCUT2D eigenvalue weighted by Crippen LogP contribution is -2.50. The molecule has 1 unspecified atom stereocenters. The van der Waals surface area contributed by atoms with Gasteiger partial charge in [0.15, 0.2) is 0 Å². The molecule has 1 aromatic rings. The van der Waals surface area contributed by atoms with Crippen molar-refractivity contribution in [1.82, 2.24) is 4.90 Å². The molecule has 8 heteroatoms. The molecular formula is C13H14ClFN2O3S. The fourth-order valence-electron chi connectivity index (χ4n) is 2.01. The van der Waals surface area contributed by atoms with Gasteiger partial charge in [-0.2, -0.15) is 11.8 Å². The Morgan fingerprint density at radius 1 is 1.52 bits per heavy atom. The summed E-state index contributed by atoms with van der Waals surface area (Å²) in [6.07, 6.45) is 0. The predicted molar refractivity (Wildman–Crippen MR) is 80.4 cm³/mol. The van der Waals surface area contributed by atoms with E-state index in [0.29, 0.717) is 18.0 Å². The summed E-state index contributed by atoms with van der Waals surface area (Å²) >= 11 is 7.19. The van der Waals surface area contributed by atoms with Crippen molar-refractivity contribution in [2.24, 2.45) is 0 Å². The number of halogens is 2. The van der Waals surface area contributed by atoms with Gasteiger partial charge in [0, 0.05) is 23.7 Å². The maximum Gasteiger partial charge on any atom is 0.321 e. The van der Waals surface area contributed by atoms with Crippen molar-refractivity contribution >= 4 is 40.9 Å². The summed E-state index contributed by atoms with van der Waals surface area (Å²) in [4.78, 5) is 24.7. The van der Waals surface area contributed by atoms with Gasteiger partial charge in [-0.3, -0.25) is 14.5 Å². The molecule has 1 heterocycles. The molecule has 0 radical (unpaired) electrons. The van der Waals surface area contributed by atoms with E-state index in [4.69, 9.17) is 16.7 Å². The quantitative estimate of drug-likeness (QED) is 0.881. The minimum Gasteiger partial charge on any atom is -0.480 e. The number of thioether (sulfide) groups is 1. The van der Waals surface area contributed by atoms with Gasteiger partial charge in [0.2, 0.25) is 5.91 Å².